The third-order valence-corrected chi connectivity index (χ3v) is 4.52. The highest BCUT2D eigenvalue weighted by atomic mass is 19.1. The van der Waals surface area contributed by atoms with Crippen molar-refractivity contribution < 1.29 is 14.0 Å². The summed E-state index contributed by atoms with van der Waals surface area (Å²) in [6, 6.07) is 5.71. The maximum atomic E-state index is 12.8. The number of Topliss-reactive ketones (excluding diaryl/α,β-unsaturated/α-hetero) is 1. The van der Waals surface area contributed by atoms with Gasteiger partial charge in [0.2, 0.25) is 5.91 Å². The third-order valence-electron chi connectivity index (χ3n) is 4.52. The van der Waals surface area contributed by atoms with E-state index in [1.54, 1.807) is 6.92 Å². The van der Waals surface area contributed by atoms with E-state index in [0.29, 0.717) is 12.1 Å². The molecule has 1 N–H and O–H groups in total. The Hall–Kier alpha value is -1.71. The highest BCUT2D eigenvalue weighted by molar-refractivity contribution is 5.91. The summed E-state index contributed by atoms with van der Waals surface area (Å²) in [5, 5.41) is 2.76. The van der Waals surface area contributed by atoms with Gasteiger partial charge in [-0.25, -0.2) is 4.39 Å². The molecule has 0 aliphatic heterocycles. The number of nitrogens with one attached hydrogen (secondary N) is 1. The van der Waals surface area contributed by atoms with Gasteiger partial charge in [-0.1, -0.05) is 13.8 Å². The van der Waals surface area contributed by atoms with Crippen LogP contribution in [0.2, 0.25) is 0 Å². The quantitative estimate of drug-likeness (QED) is 0.916. The zero-order valence-electron chi connectivity index (χ0n) is 12.1. The fourth-order valence-corrected chi connectivity index (χ4v) is 3.02. The summed E-state index contributed by atoms with van der Waals surface area (Å²) in [4.78, 5) is 23.4. The van der Waals surface area contributed by atoms with Crippen molar-refractivity contribution in [2.45, 2.75) is 33.6 Å². The predicted octanol–water partition coefficient (Wildman–Crippen LogP) is 3.41. The van der Waals surface area contributed by atoms with Crippen LogP contribution in [-0.4, -0.2) is 11.7 Å². The van der Waals surface area contributed by atoms with E-state index < -0.39 is 0 Å². The Labute approximate surface area is 118 Å². The summed E-state index contributed by atoms with van der Waals surface area (Å²) < 4.78 is 12.8. The maximum Gasteiger partial charge on any atom is 0.224 e. The third kappa shape index (κ3) is 2.89. The van der Waals surface area contributed by atoms with Crippen molar-refractivity contribution in [2.75, 3.05) is 5.32 Å². The average molecular weight is 277 g/mol. The molecule has 0 spiro atoms. The average Bonchev–Trinajstić information content (AvgIpc) is 2.36. The molecule has 20 heavy (non-hydrogen) atoms. The van der Waals surface area contributed by atoms with Gasteiger partial charge in [-0.05, 0) is 48.9 Å². The van der Waals surface area contributed by atoms with E-state index >= 15 is 0 Å². The second-order valence-corrected chi connectivity index (χ2v) is 6.18. The Morgan fingerprint density at radius 1 is 1.30 bits per heavy atom. The molecular formula is C16H20FNO2. The molecule has 108 valence electrons. The van der Waals surface area contributed by atoms with Crippen LogP contribution in [0.3, 0.4) is 0 Å². The second kappa shape index (κ2) is 5.35. The minimum atomic E-state index is -0.326. The van der Waals surface area contributed by atoms with Crippen molar-refractivity contribution in [3.05, 3.63) is 30.1 Å². The Kier molecular flexibility index (Phi) is 3.93. The summed E-state index contributed by atoms with van der Waals surface area (Å²) in [5.74, 6) is 0.0669. The number of benzene rings is 1. The minimum Gasteiger partial charge on any atom is -0.326 e. The number of anilines is 1. The molecule has 0 heterocycles. The van der Waals surface area contributed by atoms with E-state index in [9.17, 15) is 14.0 Å². The van der Waals surface area contributed by atoms with Crippen molar-refractivity contribution in [2.24, 2.45) is 17.3 Å². The van der Waals surface area contributed by atoms with Gasteiger partial charge in [-0.15, -0.1) is 0 Å². The van der Waals surface area contributed by atoms with Crippen LogP contribution in [0.15, 0.2) is 24.3 Å². The molecule has 0 unspecified atom stereocenters. The Balaban J connectivity index is 1.90. The summed E-state index contributed by atoms with van der Waals surface area (Å²) in [7, 11) is 0. The fourth-order valence-electron chi connectivity index (χ4n) is 3.02. The molecule has 1 aliphatic carbocycles. The molecule has 4 heteroatoms. The first-order chi connectivity index (χ1) is 9.30. The number of rotatable bonds is 4. The summed E-state index contributed by atoms with van der Waals surface area (Å²) in [6.45, 7) is 5.69. The van der Waals surface area contributed by atoms with Crippen LogP contribution >= 0.6 is 0 Å². The van der Waals surface area contributed by atoms with Gasteiger partial charge in [-0.2, -0.15) is 0 Å². The number of amides is 1. The summed E-state index contributed by atoms with van der Waals surface area (Å²) in [5.41, 5.74) is 0.475. The van der Waals surface area contributed by atoms with E-state index in [0.717, 1.165) is 6.42 Å². The second-order valence-electron chi connectivity index (χ2n) is 6.18. The van der Waals surface area contributed by atoms with Crippen LogP contribution in [-0.2, 0) is 9.59 Å². The number of ketones is 1. The molecule has 1 aromatic rings. The van der Waals surface area contributed by atoms with Crippen molar-refractivity contribution in [3.8, 4) is 0 Å². The molecule has 0 radical (unpaired) electrons. The van der Waals surface area contributed by atoms with Crippen molar-refractivity contribution in [1.82, 2.24) is 0 Å². The molecule has 0 aromatic heterocycles. The highest BCUT2D eigenvalue weighted by Gasteiger charge is 2.50. The Morgan fingerprint density at radius 3 is 2.40 bits per heavy atom. The van der Waals surface area contributed by atoms with Gasteiger partial charge in [0.05, 0.1) is 0 Å². The van der Waals surface area contributed by atoms with Gasteiger partial charge >= 0.3 is 0 Å². The number of hydrogen-bond donors (Lipinski definition) is 1. The lowest BCUT2D eigenvalue weighted by molar-refractivity contribution is -0.139. The smallest absolute Gasteiger partial charge is 0.224 e. The highest BCUT2D eigenvalue weighted by Crippen LogP contribution is 2.53. The SMILES string of the molecule is CC(=O)[C@@H]1C[C@H](CC(=O)Nc2ccc(F)cc2)C1(C)C. The van der Waals surface area contributed by atoms with Crippen LogP contribution in [0.1, 0.15) is 33.6 Å². The van der Waals surface area contributed by atoms with Crippen LogP contribution in [0.4, 0.5) is 10.1 Å². The van der Waals surface area contributed by atoms with Crippen LogP contribution < -0.4 is 5.32 Å². The Morgan fingerprint density at radius 2 is 1.90 bits per heavy atom. The summed E-state index contributed by atoms with van der Waals surface area (Å²) in [6.07, 6.45) is 1.17. The van der Waals surface area contributed by atoms with Gasteiger partial charge in [0, 0.05) is 18.0 Å². The standard InChI is InChI=1S/C16H20FNO2/c1-10(19)14-8-11(16(14,2)3)9-15(20)18-13-6-4-12(17)5-7-13/h4-7,11,14H,8-9H2,1-3H3,(H,18,20)/t11-,14+/m1/s1. The molecule has 0 bridgehead atoms. The molecule has 3 nitrogen and oxygen atoms in total. The largest absolute Gasteiger partial charge is 0.326 e. The normalized spacial score (nSPS) is 23.8. The van der Waals surface area contributed by atoms with E-state index in [2.05, 4.69) is 5.32 Å². The molecule has 0 saturated heterocycles. The van der Waals surface area contributed by atoms with Gasteiger partial charge in [0.25, 0.3) is 0 Å². The van der Waals surface area contributed by atoms with Crippen LogP contribution in [0.25, 0.3) is 0 Å². The van der Waals surface area contributed by atoms with Crippen LogP contribution in [0, 0.1) is 23.1 Å². The molecular weight excluding hydrogens is 257 g/mol. The first-order valence-corrected chi connectivity index (χ1v) is 6.86. The van der Waals surface area contributed by atoms with Crippen LogP contribution in [0.5, 0.6) is 0 Å². The number of halogens is 1. The Bertz CT molecular complexity index is 522. The molecule has 1 amide bonds. The lowest BCUT2D eigenvalue weighted by Gasteiger charge is -2.51. The zero-order chi connectivity index (χ0) is 14.9. The first-order valence-electron chi connectivity index (χ1n) is 6.86. The number of hydrogen-bond acceptors (Lipinski definition) is 2. The monoisotopic (exact) mass is 277 g/mol. The van der Waals surface area contributed by atoms with E-state index in [4.69, 9.17) is 0 Å². The first kappa shape index (κ1) is 14.7. The lowest BCUT2D eigenvalue weighted by atomic mass is 9.52. The minimum absolute atomic E-state index is 0.0612. The van der Waals surface area contributed by atoms with Gasteiger partial charge in [0.1, 0.15) is 11.6 Å². The predicted molar refractivity (Wildman–Crippen MR) is 75.7 cm³/mol. The molecule has 1 aliphatic rings. The van der Waals surface area contributed by atoms with Gasteiger partial charge < -0.3 is 5.32 Å². The van der Waals surface area contributed by atoms with Crippen molar-refractivity contribution in [1.29, 1.82) is 0 Å². The van der Waals surface area contributed by atoms with Gasteiger partial charge in [-0.3, -0.25) is 9.59 Å². The van der Waals surface area contributed by atoms with E-state index in [1.807, 2.05) is 13.8 Å². The molecule has 1 fully saturated rings. The topological polar surface area (TPSA) is 46.2 Å². The molecule has 2 atom stereocenters. The van der Waals surface area contributed by atoms with Crippen molar-refractivity contribution >= 4 is 17.4 Å². The maximum absolute atomic E-state index is 12.8. The number of carbonyl (C=O) groups excluding carboxylic acids is 2. The zero-order valence-corrected chi connectivity index (χ0v) is 12.1. The van der Waals surface area contributed by atoms with Gasteiger partial charge in [0.15, 0.2) is 0 Å². The fraction of sp³-hybridized carbons (Fsp3) is 0.500. The number of carbonyl (C=O) groups is 2. The molecule has 1 saturated carbocycles. The molecule has 1 aromatic carbocycles. The van der Waals surface area contributed by atoms with E-state index in [-0.39, 0.29) is 34.8 Å². The molecule has 2 rings (SSSR count). The van der Waals surface area contributed by atoms with Crippen molar-refractivity contribution in [3.63, 3.8) is 0 Å². The summed E-state index contributed by atoms with van der Waals surface area (Å²) >= 11 is 0. The lowest BCUT2D eigenvalue weighted by Crippen LogP contribution is -2.49. The van der Waals surface area contributed by atoms with E-state index in [1.165, 1.54) is 24.3 Å².